The number of para-hydroxylation sites is 1. The summed E-state index contributed by atoms with van der Waals surface area (Å²) in [6, 6.07) is 30.8. The molecule has 1 amide bonds. The highest BCUT2D eigenvalue weighted by atomic mass is 79.9. The van der Waals surface area contributed by atoms with Crippen molar-refractivity contribution in [1.82, 2.24) is 0 Å². The highest BCUT2D eigenvalue weighted by molar-refractivity contribution is 5.87. The van der Waals surface area contributed by atoms with Crippen molar-refractivity contribution in [1.29, 1.82) is 0 Å². The number of carbonyl (C=O) groups is 1. The van der Waals surface area contributed by atoms with E-state index in [1.807, 2.05) is 48.5 Å². The fourth-order valence-corrected chi connectivity index (χ4v) is 5.51. The van der Waals surface area contributed by atoms with Crippen LogP contribution in [0.25, 0.3) is 0 Å². The predicted molar refractivity (Wildman–Crippen MR) is 132 cm³/mol. The molecular weight excluding hydrogens is 488 g/mol. The molecule has 6 rings (SSSR count). The van der Waals surface area contributed by atoms with E-state index in [9.17, 15) is 4.79 Å². The van der Waals surface area contributed by atoms with E-state index >= 15 is 0 Å². The van der Waals surface area contributed by atoms with Crippen LogP contribution >= 0.6 is 0 Å². The molecule has 3 fully saturated rings. The summed E-state index contributed by atoms with van der Waals surface area (Å²) in [5, 5.41) is 0. The summed E-state index contributed by atoms with van der Waals surface area (Å²) < 4.78 is 7.34. The van der Waals surface area contributed by atoms with Gasteiger partial charge >= 0.3 is 6.09 Å². The van der Waals surface area contributed by atoms with Crippen LogP contribution in [-0.4, -0.2) is 42.9 Å². The van der Waals surface area contributed by atoms with Crippen LogP contribution < -0.4 is 21.9 Å². The molecule has 3 aliphatic rings. The highest BCUT2D eigenvalue weighted by Gasteiger charge is 2.47. The number of amides is 1. The first kappa shape index (κ1) is 24.5. The van der Waals surface area contributed by atoms with E-state index in [0.29, 0.717) is 12.5 Å². The molecule has 1 atom stereocenters. The topological polar surface area (TPSA) is 29.5 Å². The fraction of sp³-hybridized carbons (Fsp3) is 0.345. The zero-order chi connectivity index (χ0) is 22.5. The maximum Gasteiger partial charge on any atom is 0.415 e. The molecule has 0 N–H and O–H groups in total. The van der Waals surface area contributed by atoms with Gasteiger partial charge in [-0.05, 0) is 23.3 Å². The number of fused-ring (bicyclic) bond motifs is 3. The lowest BCUT2D eigenvalue weighted by molar-refractivity contribution is -0.945. The van der Waals surface area contributed by atoms with Crippen molar-refractivity contribution in [2.45, 2.75) is 31.9 Å². The normalized spacial score (nSPS) is 23.1. The number of ether oxygens (including phenoxy) is 1. The van der Waals surface area contributed by atoms with Crippen LogP contribution in [0.5, 0.6) is 0 Å². The number of benzene rings is 3. The van der Waals surface area contributed by atoms with Gasteiger partial charge in [-0.1, -0.05) is 78.9 Å². The van der Waals surface area contributed by atoms with Gasteiger partial charge in [0.15, 0.2) is 6.10 Å². The summed E-state index contributed by atoms with van der Waals surface area (Å²) in [4.78, 5) is 15.3. The van der Waals surface area contributed by atoms with Gasteiger partial charge in [0.05, 0.1) is 26.2 Å². The Morgan fingerprint density at radius 3 is 2.00 bits per heavy atom. The molecular formula is C29H33BrN2O2. The largest absolute Gasteiger partial charge is 1.00 e. The minimum atomic E-state index is -0.231. The minimum Gasteiger partial charge on any atom is -1.00 e. The van der Waals surface area contributed by atoms with Gasteiger partial charge in [-0.25, -0.2) is 4.79 Å². The third kappa shape index (κ3) is 5.70. The number of quaternary nitrogens is 1. The Balaban J connectivity index is 0.00000274. The molecule has 5 heteroatoms. The third-order valence-corrected chi connectivity index (χ3v) is 7.48. The molecule has 3 heterocycles. The zero-order valence-corrected chi connectivity index (χ0v) is 21.1. The summed E-state index contributed by atoms with van der Waals surface area (Å²) in [5.74, 6) is 0.486. The smallest absolute Gasteiger partial charge is 0.415 e. The number of anilines is 1. The van der Waals surface area contributed by atoms with Crippen molar-refractivity contribution in [3.05, 3.63) is 102 Å². The van der Waals surface area contributed by atoms with Gasteiger partial charge in [0.1, 0.15) is 6.54 Å². The van der Waals surface area contributed by atoms with E-state index in [2.05, 4.69) is 42.5 Å². The van der Waals surface area contributed by atoms with Crippen LogP contribution in [0.3, 0.4) is 0 Å². The molecule has 2 bridgehead atoms. The second kappa shape index (κ2) is 11.2. The Hall–Kier alpha value is -2.63. The van der Waals surface area contributed by atoms with Crippen LogP contribution in [0.4, 0.5) is 10.5 Å². The molecule has 3 aromatic carbocycles. The number of nitrogens with zero attached hydrogens (tertiary/aromatic N) is 2. The molecule has 3 aromatic rings. The van der Waals surface area contributed by atoms with Crippen LogP contribution in [0.1, 0.15) is 24.0 Å². The van der Waals surface area contributed by atoms with Crippen molar-refractivity contribution >= 4 is 11.8 Å². The first-order chi connectivity index (χ1) is 16.2. The van der Waals surface area contributed by atoms with E-state index < -0.39 is 0 Å². The summed E-state index contributed by atoms with van der Waals surface area (Å²) >= 11 is 0. The maximum absolute atomic E-state index is 13.5. The van der Waals surface area contributed by atoms with Gasteiger partial charge in [-0.3, -0.25) is 4.90 Å². The lowest BCUT2D eigenvalue weighted by Crippen LogP contribution is -3.00. The molecule has 3 aliphatic heterocycles. The molecule has 178 valence electrons. The summed E-state index contributed by atoms with van der Waals surface area (Å²) in [5.41, 5.74) is 3.36. The average molecular weight is 521 g/mol. The average Bonchev–Trinajstić information content (AvgIpc) is 2.88. The first-order valence-electron chi connectivity index (χ1n) is 12.2. The number of hydrogen-bond acceptors (Lipinski definition) is 2. The number of halogens is 1. The highest BCUT2D eigenvalue weighted by Crippen LogP contribution is 2.36. The van der Waals surface area contributed by atoms with Gasteiger partial charge in [0.25, 0.3) is 0 Å². The van der Waals surface area contributed by atoms with Gasteiger partial charge in [0.2, 0.25) is 0 Å². The van der Waals surface area contributed by atoms with Gasteiger partial charge in [-0.2, -0.15) is 0 Å². The number of rotatable bonds is 7. The molecule has 3 saturated heterocycles. The molecule has 0 aliphatic carbocycles. The van der Waals surface area contributed by atoms with Crippen LogP contribution in [0.15, 0.2) is 91.0 Å². The monoisotopic (exact) mass is 520 g/mol. The number of piperidine rings is 3. The summed E-state index contributed by atoms with van der Waals surface area (Å²) in [7, 11) is 0. The molecule has 0 radical (unpaired) electrons. The SMILES string of the molecule is O=C(O[C@H]1C[N+]2(CCc3ccccc3)CCC1CC2)N(Cc1ccccc1)c1ccccc1.[Br-]. The van der Waals surface area contributed by atoms with E-state index in [1.54, 1.807) is 4.90 Å². The van der Waals surface area contributed by atoms with Gasteiger partial charge in [0, 0.05) is 30.9 Å². The van der Waals surface area contributed by atoms with E-state index in [-0.39, 0.29) is 29.2 Å². The third-order valence-electron chi connectivity index (χ3n) is 7.48. The van der Waals surface area contributed by atoms with Crippen LogP contribution in [-0.2, 0) is 17.7 Å². The standard InChI is InChI=1S/C29H33N2O2.BrH/c32-29(30(27-14-8-3-9-15-27)22-25-12-6-2-7-13-25)33-28-23-31(20-17-26(28)18-21-31)19-16-24-10-4-1-5-11-24;/h1-15,26,28H,16-23H2;1H/q+1;/p-1/t26?,28-,31?;/m0./s1. The van der Waals surface area contributed by atoms with Crippen molar-refractivity contribution in [3.63, 3.8) is 0 Å². The zero-order valence-electron chi connectivity index (χ0n) is 19.6. The Morgan fingerprint density at radius 2 is 1.38 bits per heavy atom. The lowest BCUT2D eigenvalue weighted by atomic mass is 9.83. The number of hydrogen-bond donors (Lipinski definition) is 0. The predicted octanol–water partition coefficient (Wildman–Crippen LogP) is 2.69. The van der Waals surface area contributed by atoms with Crippen molar-refractivity contribution in [2.75, 3.05) is 31.1 Å². The van der Waals surface area contributed by atoms with E-state index in [1.165, 1.54) is 18.7 Å². The minimum absolute atomic E-state index is 0. The molecule has 0 aromatic heterocycles. The summed E-state index contributed by atoms with van der Waals surface area (Å²) in [6.45, 7) is 4.99. The van der Waals surface area contributed by atoms with Crippen molar-refractivity contribution < 1.29 is 31.0 Å². The van der Waals surface area contributed by atoms with Crippen molar-refractivity contribution in [3.8, 4) is 0 Å². The maximum atomic E-state index is 13.5. The second-order valence-electron chi connectivity index (χ2n) is 9.60. The van der Waals surface area contributed by atoms with Crippen LogP contribution in [0.2, 0.25) is 0 Å². The van der Waals surface area contributed by atoms with E-state index in [4.69, 9.17) is 4.74 Å². The lowest BCUT2D eigenvalue weighted by Gasteiger charge is -2.52. The number of carbonyl (C=O) groups excluding carboxylic acids is 1. The van der Waals surface area contributed by atoms with Gasteiger partial charge < -0.3 is 26.2 Å². The molecule has 0 saturated carbocycles. The fourth-order valence-electron chi connectivity index (χ4n) is 5.51. The molecule has 34 heavy (non-hydrogen) atoms. The summed E-state index contributed by atoms with van der Waals surface area (Å²) in [6.07, 6.45) is 3.15. The van der Waals surface area contributed by atoms with Crippen LogP contribution in [0, 0.1) is 5.92 Å². The Kier molecular flexibility index (Phi) is 8.07. The second-order valence-corrected chi connectivity index (χ2v) is 9.60. The molecule has 4 nitrogen and oxygen atoms in total. The molecule has 0 unspecified atom stereocenters. The molecule has 0 spiro atoms. The Morgan fingerprint density at radius 1 is 0.824 bits per heavy atom. The first-order valence-corrected chi connectivity index (χ1v) is 12.2. The Bertz CT molecular complexity index is 1040. The van der Waals surface area contributed by atoms with Crippen molar-refractivity contribution in [2.24, 2.45) is 5.92 Å². The quantitative estimate of drug-likeness (QED) is 0.448. The van der Waals surface area contributed by atoms with Gasteiger partial charge in [-0.15, -0.1) is 0 Å². The van der Waals surface area contributed by atoms with E-state index in [0.717, 1.165) is 48.1 Å². The Labute approximate surface area is 213 Å².